The average Bonchev–Trinajstić information content (AvgIpc) is 2.13. The Balaban J connectivity index is 2.96. The summed E-state index contributed by atoms with van der Waals surface area (Å²) in [4.78, 5) is 0. The van der Waals surface area contributed by atoms with E-state index in [4.69, 9.17) is 5.73 Å². The van der Waals surface area contributed by atoms with E-state index in [9.17, 15) is 5.11 Å². The third kappa shape index (κ3) is 2.97. The van der Waals surface area contributed by atoms with Gasteiger partial charge in [-0.15, -0.1) is 0 Å². The Bertz CT molecular complexity index is 328. The highest BCUT2D eigenvalue weighted by atomic mass is 79.9. The van der Waals surface area contributed by atoms with Crippen molar-refractivity contribution in [1.82, 2.24) is 0 Å². The maximum atomic E-state index is 9.74. The van der Waals surface area contributed by atoms with Crippen molar-refractivity contribution in [2.75, 3.05) is 0 Å². The van der Waals surface area contributed by atoms with Gasteiger partial charge in [0.1, 0.15) is 5.75 Å². The van der Waals surface area contributed by atoms with Crippen LogP contribution in [0.2, 0.25) is 0 Å². The number of phenols is 1. The van der Waals surface area contributed by atoms with Crippen molar-refractivity contribution in [3.63, 3.8) is 0 Å². The van der Waals surface area contributed by atoms with Gasteiger partial charge in [0.05, 0.1) is 4.47 Å². The van der Waals surface area contributed by atoms with Crippen LogP contribution in [0, 0.1) is 0 Å². The van der Waals surface area contributed by atoms with Gasteiger partial charge in [-0.1, -0.05) is 22.9 Å². The summed E-state index contributed by atoms with van der Waals surface area (Å²) in [6.45, 7) is 2.04. The molecule has 3 N–H and O–H groups in total. The van der Waals surface area contributed by atoms with Gasteiger partial charge in [0.25, 0.3) is 0 Å². The van der Waals surface area contributed by atoms with Crippen LogP contribution in [-0.2, 0) is 6.42 Å². The molecule has 0 bridgehead atoms. The predicted octanol–water partition coefficient (Wildman–Crippen LogP) is 3.20. The third-order valence-electron chi connectivity index (χ3n) is 2.11. The third-order valence-corrected chi connectivity index (χ3v) is 3.18. The Morgan fingerprint density at radius 1 is 1.43 bits per heavy atom. The number of aromatic hydroxyl groups is 1. The molecule has 0 amide bonds. The van der Waals surface area contributed by atoms with Crippen molar-refractivity contribution < 1.29 is 5.11 Å². The monoisotopic (exact) mass is 321 g/mol. The van der Waals surface area contributed by atoms with E-state index < -0.39 is 0 Å². The largest absolute Gasteiger partial charge is 0.506 e. The molecule has 2 nitrogen and oxygen atoms in total. The summed E-state index contributed by atoms with van der Waals surface area (Å²) >= 11 is 6.66. The minimum absolute atomic E-state index is 0.0992. The van der Waals surface area contributed by atoms with Crippen LogP contribution >= 0.6 is 31.9 Å². The summed E-state index contributed by atoms with van der Waals surface area (Å²) < 4.78 is 1.64. The summed E-state index contributed by atoms with van der Waals surface area (Å²) in [6, 6.07) is 3.81. The lowest BCUT2D eigenvalue weighted by Crippen LogP contribution is -2.21. The average molecular weight is 323 g/mol. The number of benzene rings is 1. The van der Waals surface area contributed by atoms with E-state index in [-0.39, 0.29) is 11.8 Å². The molecule has 1 aromatic rings. The first-order valence-corrected chi connectivity index (χ1v) is 6.05. The molecule has 0 fully saturated rings. The first kappa shape index (κ1) is 12.0. The molecule has 0 saturated heterocycles. The minimum atomic E-state index is 0.0992. The molecule has 4 heteroatoms. The van der Waals surface area contributed by atoms with E-state index in [0.717, 1.165) is 16.5 Å². The van der Waals surface area contributed by atoms with Crippen molar-refractivity contribution in [2.24, 2.45) is 5.73 Å². The number of hydrogen-bond acceptors (Lipinski definition) is 2. The molecule has 0 aliphatic heterocycles. The van der Waals surface area contributed by atoms with Gasteiger partial charge in [0.15, 0.2) is 0 Å². The van der Waals surface area contributed by atoms with Gasteiger partial charge < -0.3 is 10.8 Å². The predicted molar refractivity (Wildman–Crippen MR) is 65.5 cm³/mol. The topological polar surface area (TPSA) is 46.2 Å². The Morgan fingerprint density at radius 3 is 2.64 bits per heavy atom. The Hall–Kier alpha value is -0.0600. The van der Waals surface area contributed by atoms with Crippen LogP contribution in [0.15, 0.2) is 21.1 Å². The molecule has 1 atom stereocenters. The molecule has 0 aliphatic rings. The van der Waals surface area contributed by atoms with Gasteiger partial charge in [-0.3, -0.25) is 0 Å². The molecule has 0 saturated carbocycles. The standard InChI is InChI=1S/C10H13Br2NO/c1-2-8(13)4-6-3-7(11)5-9(12)10(6)14/h3,5,8,14H,2,4,13H2,1H3. The van der Waals surface area contributed by atoms with Gasteiger partial charge in [-0.05, 0) is 46.5 Å². The lowest BCUT2D eigenvalue weighted by molar-refractivity contribution is 0.460. The van der Waals surface area contributed by atoms with Gasteiger partial charge in [-0.2, -0.15) is 0 Å². The molecular weight excluding hydrogens is 310 g/mol. The van der Waals surface area contributed by atoms with Crippen LogP contribution in [0.5, 0.6) is 5.75 Å². The maximum Gasteiger partial charge on any atom is 0.133 e. The fourth-order valence-electron chi connectivity index (χ4n) is 1.20. The molecular formula is C10H13Br2NO. The quantitative estimate of drug-likeness (QED) is 0.897. The molecule has 0 radical (unpaired) electrons. The van der Waals surface area contributed by atoms with Crippen LogP contribution in [0.1, 0.15) is 18.9 Å². The second kappa shape index (κ2) is 5.14. The van der Waals surface area contributed by atoms with Crippen molar-refractivity contribution in [1.29, 1.82) is 0 Å². The van der Waals surface area contributed by atoms with Crippen LogP contribution < -0.4 is 5.73 Å². The number of nitrogens with two attached hydrogens (primary N) is 1. The molecule has 0 spiro atoms. The molecule has 78 valence electrons. The van der Waals surface area contributed by atoms with Gasteiger partial charge in [-0.25, -0.2) is 0 Å². The Morgan fingerprint density at radius 2 is 2.07 bits per heavy atom. The van der Waals surface area contributed by atoms with Crippen molar-refractivity contribution in [3.8, 4) is 5.75 Å². The highest BCUT2D eigenvalue weighted by Crippen LogP contribution is 2.32. The number of hydrogen-bond donors (Lipinski definition) is 2. The highest BCUT2D eigenvalue weighted by Gasteiger charge is 2.10. The summed E-state index contributed by atoms with van der Waals surface area (Å²) in [7, 11) is 0. The summed E-state index contributed by atoms with van der Waals surface area (Å²) in [5.41, 5.74) is 6.71. The van der Waals surface area contributed by atoms with Crippen molar-refractivity contribution in [3.05, 3.63) is 26.6 Å². The normalized spacial score (nSPS) is 12.9. The van der Waals surface area contributed by atoms with E-state index in [1.807, 2.05) is 19.1 Å². The van der Waals surface area contributed by atoms with E-state index in [1.54, 1.807) is 0 Å². The molecule has 0 heterocycles. The molecule has 1 aromatic carbocycles. The van der Waals surface area contributed by atoms with E-state index in [1.165, 1.54) is 0 Å². The maximum absolute atomic E-state index is 9.74. The lowest BCUT2D eigenvalue weighted by Gasteiger charge is -2.11. The van der Waals surface area contributed by atoms with Crippen LogP contribution in [-0.4, -0.2) is 11.1 Å². The molecule has 0 aromatic heterocycles. The summed E-state index contributed by atoms with van der Waals surface area (Å²) in [6.07, 6.45) is 1.60. The van der Waals surface area contributed by atoms with Crippen molar-refractivity contribution in [2.45, 2.75) is 25.8 Å². The van der Waals surface area contributed by atoms with E-state index >= 15 is 0 Å². The van der Waals surface area contributed by atoms with E-state index in [0.29, 0.717) is 10.9 Å². The van der Waals surface area contributed by atoms with Gasteiger partial charge in [0, 0.05) is 10.5 Å². The Kier molecular flexibility index (Phi) is 4.41. The second-order valence-corrected chi connectivity index (χ2v) is 5.04. The first-order chi connectivity index (χ1) is 6.54. The zero-order valence-electron chi connectivity index (χ0n) is 7.93. The smallest absolute Gasteiger partial charge is 0.133 e. The van der Waals surface area contributed by atoms with Crippen LogP contribution in [0.3, 0.4) is 0 Å². The van der Waals surface area contributed by atoms with Crippen molar-refractivity contribution >= 4 is 31.9 Å². The Labute approximate surface area is 101 Å². The second-order valence-electron chi connectivity index (χ2n) is 3.27. The summed E-state index contributed by atoms with van der Waals surface area (Å²) in [5, 5.41) is 9.74. The van der Waals surface area contributed by atoms with E-state index in [2.05, 4.69) is 31.9 Å². The zero-order valence-corrected chi connectivity index (χ0v) is 11.1. The summed E-state index contributed by atoms with van der Waals surface area (Å²) in [5.74, 6) is 0.289. The molecule has 1 rings (SSSR count). The highest BCUT2D eigenvalue weighted by molar-refractivity contribution is 9.11. The number of rotatable bonds is 3. The van der Waals surface area contributed by atoms with Gasteiger partial charge in [0.2, 0.25) is 0 Å². The number of halogens is 2. The molecule has 14 heavy (non-hydrogen) atoms. The fraction of sp³-hybridized carbons (Fsp3) is 0.400. The van der Waals surface area contributed by atoms with Gasteiger partial charge >= 0.3 is 0 Å². The van der Waals surface area contributed by atoms with Crippen LogP contribution in [0.4, 0.5) is 0 Å². The van der Waals surface area contributed by atoms with Crippen LogP contribution in [0.25, 0.3) is 0 Å². The number of phenolic OH excluding ortho intramolecular Hbond substituents is 1. The molecule has 1 unspecified atom stereocenters. The SMILES string of the molecule is CCC(N)Cc1cc(Br)cc(Br)c1O. The first-order valence-electron chi connectivity index (χ1n) is 4.47. The fourth-order valence-corrected chi connectivity index (χ4v) is 2.52. The minimum Gasteiger partial charge on any atom is -0.506 e. The molecule has 0 aliphatic carbocycles. The zero-order chi connectivity index (χ0) is 10.7. The lowest BCUT2D eigenvalue weighted by atomic mass is 10.0.